The third-order valence-electron chi connectivity index (χ3n) is 5.26. The average Bonchev–Trinajstić information content (AvgIpc) is 3.18. The number of hydrogen-bond acceptors (Lipinski definition) is 6. The maximum atomic E-state index is 12.7. The Labute approximate surface area is 173 Å². The standard InChI is InChI=1S/C22H22N6O2/c29-21-13-15(17-5-9-23-22(27-17)24-16-7-11-30-12-8-16)6-10-28(21)14-20-25-18-3-1-2-4-19(18)26-20/h1-6,9-10,13,16H,7-8,11-12,14H2,(H,25,26)(H,23,24,27). The van der Waals surface area contributed by atoms with Gasteiger partial charge in [0.2, 0.25) is 5.95 Å². The Balaban J connectivity index is 1.35. The molecule has 1 fully saturated rings. The molecule has 3 aromatic heterocycles. The molecule has 4 aromatic rings. The van der Waals surface area contributed by atoms with Crippen LogP contribution in [0.5, 0.6) is 0 Å². The number of H-pyrrole nitrogens is 1. The van der Waals surface area contributed by atoms with E-state index in [9.17, 15) is 4.79 Å². The van der Waals surface area contributed by atoms with Gasteiger partial charge in [-0.1, -0.05) is 12.1 Å². The SMILES string of the molecule is O=c1cc(-c2ccnc(NC3CCOCC3)n2)ccn1Cc1nc2ccccc2[nH]1. The van der Waals surface area contributed by atoms with Crippen LogP contribution in [0.2, 0.25) is 0 Å². The molecule has 0 saturated carbocycles. The Kier molecular flexibility index (Phi) is 4.98. The van der Waals surface area contributed by atoms with E-state index in [-0.39, 0.29) is 5.56 Å². The van der Waals surface area contributed by atoms with Gasteiger partial charge in [-0.25, -0.2) is 15.0 Å². The van der Waals surface area contributed by atoms with Gasteiger partial charge in [0.05, 0.1) is 23.3 Å². The van der Waals surface area contributed by atoms with Gasteiger partial charge in [0.15, 0.2) is 0 Å². The van der Waals surface area contributed by atoms with Crippen molar-refractivity contribution in [3.8, 4) is 11.3 Å². The van der Waals surface area contributed by atoms with E-state index in [1.165, 1.54) is 0 Å². The van der Waals surface area contributed by atoms with Gasteiger partial charge < -0.3 is 19.6 Å². The van der Waals surface area contributed by atoms with Crippen LogP contribution in [0.4, 0.5) is 5.95 Å². The molecule has 5 rings (SSSR count). The first kappa shape index (κ1) is 18.5. The van der Waals surface area contributed by atoms with E-state index in [1.807, 2.05) is 36.4 Å². The Bertz CT molecular complexity index is 1190. The number of ether oxygens (including phenoxy) is 1. The number of pyridine rings is 1. The molecule has 4 heterocycles. The van der Waals surface area contributed by atoms with Crippen LogP contribution in [-0.2, 0) is 11.3 Å². The molecule has 0 amide bonds. The highest BCUT2D eigenvalue weighted by Crippen LogP contribution is 2.18. The van der Waals surface area contributed by atoms with Crippen LogP contribution in [0, 0.1) is 0 Å². The number of benzene rings is 1. The molecule has 0 unspecified atom stereocenters. The molecule has 0 atom stereocenters. The molecule has 0 radical (unpaired) electrons. The van der Waals surface area contributed by atoms with Crippen LogP contribution in [-0.4, -0.2) is 43.8 Å². The van der Waals surface area contributed by atoms with Gasteiger partial charge in [0.25, 0.3) is 5.56 Å². The Hall–Kier alpha value is -3.52. The van der Waals surface area contributed by atoms with Crippen molar-refractivity contribution in [2.24, 2.45) is 0 Å². The van der Waals surface area contributed by atoms with Gasteiger partial charge >= 0.3 is 0 Å². The van der Waals surface area contributed by atoms with Gasteiger partial charge in [-0.05, 0) is 37.1 Å². The molecule has 1 aromatic carbocycles. The molecule has 152 valence electrons. The van der Waals surface area contributed by atoms with Crippen molar-refractivity contribution in [3.05, 3.63) is 71.0 Å². The van der Waals surface area contributed by atoms with Gasteiger partial charge in [0.1, 0.15) is 5.82 Å². The Morgan fingerprint density at radius 1 is 1.13 bits per heavy atom. The van der Waals surface area contributed by atoms with Crippen LogP contribution < -0.4 is 10.9 Å². The minimum atomic E-state index is -0.106. The highest BCUT2D eigenvalue weighted by atomic mass is 16.5. The summed E-state index contributed by atoms with van der Waals surface area (Å²) >= 11 is 0. The number of fused-ring (bicyclic) bond motifs is 1. The highest BCUT2D eigenvalue weighted by molar-refractivity contribution is 5.74. The van der Waals surface area contributed by atoms with Crippen LogP contribution in [0.3, 0.4) is 0 Å². The molecule has 2 N–H and O–H groups in total. The van der Waals surface area contributed by atoms with Crippen molar-refractivity contribution in [1.29, 1.82) is 0 Å². The van der Waals surface area contributed by atoms with Gasteiger partial charge in [-0.15, -0.1) is 0 Å². The fourth-order valence-corrected chi connectivity index (χ4v) is 3.65. The van der Waals surface area contributed by atoms with Crippen LogP contribution in [0.25, 0.3) is 22.3 Å². The number of para-hydroxylation sites is 2. The van der Waals surface area contributed by atoms with E-state index in [4.69, 9.17) is 4.74 Å². The normalized spacial score (nSPS) is 14.8. The van der Waals surface area contributed by atoms with E-state index in [0.29, 0.717) is 24.2 Å². The number of hydrogen-bond donors (Lipinski definition) is 2. The maximum Gasteiger partial charge on any atom is 0.251 e. The molecular weight excluding hydrogens is 380 g/mol. The summed E-state index contributed by atoms with van der Waals surface area (Å²) in [5.41, 5.74) is 3.22. The van der Waals surface area contributed by atoms with Gasteiger partial charge in [-0.2, -0.15) is 0 Å². The number of nitrogens with one attached hydrogen (secondary N) is 2. The number of imidazole rings is 1. The van der Waals surface area contributed by atoms with E-state index < -0.39 is 0 Å². The van der Waals surface area contributed by atoms with Crippen LogP contribution in [0.1, 0.15) is 18.7 Å². The lowest BCUT2D eigenvalue weighted by atomic mass is 10.1. The molecule has 1 aliphatic heterocycles. The first-order chi connectivity index (χ1) is 14.7. The molecule has 0 aliphatic carbocycles. The molecule has 8 heteroatoms. The summed E-state index contributed by atoms with van der Waals surface area (Å²) < 4.78 is 7.02. The zero-order chi connectivity index (χ0) is 20.3. The molecule has 0 spiro atoms. The first-order valence-corrected chi connectivity index (χ1v) is 10.1. The zero-order valence-electron chi connectivity index (χ0n) is 16.4. The minimum absolute atomic E-state index is 0.106. The Morgan fingerprint density at radius 2 is 2.00 bits per heavy atom. The lowest BCUT2D eigenvalue weighted by Crippen LogP contribution is -2.28. The summed E-state index contributed by atoms with van der Waals surface area (Å²) in [5.74, 6) is 1.32. The van der Waals surface area contributed by atoms with E-state index in [0.717, 1.165) is 48.5 Å². The van der Waals surface area contributed by atoms with E-state index >= 15 is 0 Å². The summed E-state index contributed by atoms with van der Waals surface area (Å²) in [6.45, 7) is 1.88. The van der Waals surface area contributed by atoms with Crippen molar-refractivity contribution < 1.29 is 4.74 Å². The molecular formula is C22H22N6O2. The quantitative estimate of drug-likeness (QED) is 0.533. The fourth-order valence-electron chi connectivity index (χ4n) is 3.65. The van der Waals surface area contributed by atoms with Crippen molar-refractivity contribution in [2.75, 3.05) is 18.5 Å². The number of aromatic amines is 1. The third-order valence-corrected chi connectivity index (χ3v) is 5.26. The highest BCUT2D eigenvalue weighted by Gasteiger charge is 2.15. The van der Waals surface area contributed by atoms with Gasteiger partial charge in [0, 0.05) is 43.3 Å². The first-order valence-electron chi connectivity index (χ1n) is 10.1. The second-order valence-corrected chi connectivity index (χ2v) is 7.38. The number of anilines is 1. The van der Waals surface area contributed by atoms with Crippen molar-refractivity contribution in [2.45, 2.75) is 25.4 Å². The summed E-state index contributed by atoms with van der Waals surface area (Å²) in [6, 6.07) is 13.4. The average molecular weight is 402 g/mol. The van der Waals surface area contributed by atoms with E-state index in [1.54, 1.807) is 23.0 Å². The summed E-state index contributed by atoms with van der Waals surface area (Å²) in [6.07, 6.45) is 5.36. The smallest absolute Gasteiger partial charge is 0.251 e. The van der Waals surface area contributed by atoms with Crippen LogP contribution >= 0.6 is 0 Å². The molecule has 30 heavy (non-hydrogen) atoms. The van der Waals surface area contributed by atoms with E-state index in [2.05, 4.69) is 25.3 Å². The van der Waals surface area contributed by atoms with Crippen molar-refractivity contribution >= 4 is 17.0 Å². The molecule has 1 aliphatic rings. The second-order valence-electron chi connectivity index (χ2n) is 7.38. The number of rotatable bonds is 5. The Morgan fingerprint density at radius 3 is 2.83 bits per heavy atom. The van der Waals surface area contributed by atoms with Crippen molar-refractivity contribution in [3.63, 3.8) is 0 Å². The van der Waals surface area contributed by atoms with Crippen LogP contribution in [0.15, 0.2) is 59.7 Å². The largest absolute Gasteiger partial charge is 0.381 e. The summed E-state index contributed by atoms with van der Waals surface area (Å²) in [5, 5.41) is 3.36. The van der Waals surface area contributed by atoms with Gasteiger partial charge in [-0.3, -0.25) is 4.79 Å². The summed E-state index contributed by atoms with van der Waals surface area (Å²) in [7, 11) is 0. The molecule has 8 nitrogen and oxygen atoms in total. The second kappa shape index (κ2) is 8.08. The fraction of sp³-hybridized carbons (Fsp3) is 0.273. The van der Waals surface area contributed by atoms with Crippen molar-refractivity contribution in [1.82, 2.24) is 24.5 Å². The number of aromatic nitrogens is 5. The third kappa shape index (κ3) is 3.95. The monoisotopic (exact) mass is 402 g/mol. The predicted octanol–water partition coefficient (Wildman–Crippen LogP) is 2.82. The topological polar surface area (TPSA) is 97.7 Å². The summed E-state index contributed by atoms with van der Waals surface area (Å²) in [4.78, 5) is 29.4. The molecule has 1 saturated heterocycles. The number of nitrogens with zero attached hydrogens (tertiary/aromatic N) is 4. The lowest BCUT2D eigenvalue weighted by Gasteiger charge is -2.23. The lowest BCUT2D eigenvalue weighted by molar-refractivity contribution is 0.0903. The zero-order valence-corrected chi connectivity index (χ0v) is 16.4. The minimum Gasteiger partial charge on any atom is -0.381 e. The molecule has 0 bridgehead atoms. The predicted molar refractivity (Wildman–Crippen MR) is 114 cm³/mol. The maximum absolute atomic E-state index is 12.7.